The van der Waals surface area contributed by atoms with Crippen LogP contribution in [-0.2, 0) is 14.4 Å². The molecule has 22 heavy (non-hydrogen) atoms. The highest BCUT2D eigenvalue weighted by Gasteiger charge is 2.33. The van der Waals surface area contributed by atoms with Crippen molar-refractivity contribution >= 4 is 12.0 Å². The van der Waals surface area contributed by atoms with Crippen molar-refractivity contribution in [3.05, 3.63) is 10.1 Å². The number of nitrogens with one attached hydrogen (secondary N) is 1. The summed E-state index contributed by atoms with van der Waals surface area (Å²) in [5.74, 6) is -0.475. The van der Waals surface area contributed by atoms with Gasteiger partial charge in [0.1, 0.15) is 12.2 Å². The Morgan fingerprint density at radius 3 is 2.55 bits per heavy atom. The average Bonchev–Trinajstić information content (AvgIpc) is 2.34. The highest BCUT2D eigenvalue weighted by molar-refractivity contribution is 5.73. The number of amides is 2. The fourth-order valence-corrected chi connectivity index (χ4v) is 2.29. The largest absolute Gasteiger partial charge is 0.444 e. The molecule has 1 saturated heterocycles. The lowest BCUT2D eigenvalue weighted by molar-refractivity contribution is -0.759. The fourth-order valence-electron chi connectivity index (χ4n) is 2.29. The molecule has 1 rings (SSSR count). The zero-order chi connectivity index (χ0) is 16.9. The van der Waals surface area contributed by atoms with Gasteiger partial charge in [-0.2, -0.15) is 0 Å². The van der Waals surface area contributed by atoms with Crippen LogP contribution in [0.25, 0.3) is 0 Å². The minimum atomic E-state index is -0.878. The molecule has 0 aromatic heterocycles. The minimum Gasteiger partial charge on any atom is -0.444 e. The number of ether oxygens (including phenoxy) is 1. The summed E-state index contributed by atoms with van der Waals surface area (Å²) >= 11 is 0. The highest BCUT2D eigenvalue weighted by Crippen LogP contribution is 2.19. The van der Waals surface area contributed by atoms with Crippen LogP contribution < -0.4 is 5.32 Å². The van der Waals surface area contributed by atoms with E-state index < -0.39 is 16.8 Å². The topological polar surface area (TPSA) is 111 Å². The summed E-state index contributed by atoms with van der Waals surface area (Å²) in [5.41, 5.74) is -0.628. The molecule has 0 aromatic rings. The monoisotopic (exact) mass is 317 g/mol. The molecule has 0 aromatic carbocycles. The predicted molar refractivity (Wildman–Crippen MR) is 76.5 cm³/mol. The molecule has 1 aliphatic heterocycles. The van der Waals surface area contributed by atoms with Gasteiger partial charge in [-0.05, 0) is 27.2 Å². The summed E-state index contributed by atoms with van der Waals surface area (Å²) in [4.78, 5) is 39.6. The number of carbonyl (C=O) groups excluding carboxylic acids is 2. The number of carbonyl (C=O) groups is 2. The van der Waals surface area contributed by atoms with Gasteiger partial charge in [0.25, 0.3) is 5.09 Å². The Hall–Kier alpha value is -2.06. The van der Waals surface area contributed by atoms with Crippen molar-refractivity contribution in [1.29, 1.82) is 0 Å². The van der Waals surface area contributed by atoms with Crippen LogP contribution in [0.1, 0.15) is 34.1 Å². The standard InChI is InChI=1S/C13H23N3O6/c1-9(17)15-6-5-11(10(7-15)8-21-16(19)20)14-12(18)22-13(2,3)4/h10-11H,5-8H2,1-4H3,(H,14,18). The van der Waals surface area contributed by atoms with Gasteiger partial charge in [0.05, 0.1) is 0 Å². The van der Waals surface area contributed by atoms with Crippen LogP contribution in [0.4, 0.5) is 4.79 Å². The maximum atomic E-state index is 11.8. The van der Waals surface area contributed by atoms with Crippen LogP contribution in [0, 0.1) is 16.0 Å². The van der Waals surface area contributed by atoms with Crippen molar-refractivity contribution in [3.8, 4) is 0 Å². The van der Waals surface area contributed by atoms with E-state index in [-0.39, 0.29) is 24.5 Å². The molecular formula is C13H23N3O6. The van der Waals surface area contributed by atoms with Crippen LogP contribution in [0.3, 0.4) is 0 Å². The summed E-state index contributed by atoms with van der Waals surface area (Å²) in [6.07, 6.45) is -0.0928. The molecule has 1 N–H and O–H groups in total. The van der Waals surface area contributed by atoms with E-state index >= 15 is 0 Å². The lowest BCUT2D eigenvalue weighted by Crippen LogP contribution is -2.54. The zero-order valence-corrected chi connectivity index (χ0v) is 13.3. The zero-order valence-electron chi connectivity index (χ0n) is 13.3. The maximum Gasteiger partial charge on any atom is 0.407 e. The predicted octanol–water partition coefficient (Wildman–Crippen LogP) is 0.956. The Kier molecular flexibility index (Phi) is 5.95. The van der Waals surface area contributed by atoms with Crippen LogP contribution in [0.15, 0.2) is 0 Å². The molecule has 2 amide bonds. The van der Waals surface area contributed by atoms with Gasteiger partial charge in [-0.25, -0.2) is 4.79 Å². The minimum absolute atomic E-state index is 0.109. The number of hydrogen-bond acceptors (Lipinski definition) is 6. The Morgan fingerprint density at radius 2 is 2.05 bits per heavy atom. The van der Waals surface area contributed by atoms with Crippen LogP contribution in [0.2, 0.25) is 0 Å². The molecule has 2 unspecified atom stereocenters. The van der Waals surface area contributed by atoms with Gasteiger partial charge >= 0.3 is 6.09 Å². The molecule has 126 valence electrons. The van der Waals surface area contributed by atoms with Gasteiger partial charge in [-0.3, -0.25) is 4.79 Å². The SMILES string of the molecule is CC(=O)N1CCC(NC(=O)OC(C)(C)C)C(CO[N+](=O)[O-])C1. The third kappa shape index (κ3) is 6.15. The van der Waals surface area contributed by atoms with Crippen LogP contribution >= 0.6 is 0 Å². The second-order valence-corrected chi connectivity index (χ2v) is 6.29. The van der Waals surface area contributed by atoms with E-state index in [1.807, 2.05) is 0 Å². The van der Waals surface area contributed by atoms with E-state index in [9.17, 15) is 19.7 Å². The number of hydrogen-bond donors (Lipinski definition) is 1. The number of nitrogens with zero attached hydrogens (tertiary/aromatic N) is 2. The summed E-state index contributed by atoms with van der Waals surface area (Å²) in [6.45, 7) is 7.27. The Bertz CT molecular complexity index is 434. The molecule has 9 heteroatoms. The van der Waals surface area contributed by atoms with Crippen LogP contribution in [0.5, 0.6) is 0 Å². The summed E-state index contributed by atoms with van der Waals surface area (Å²) in [6, 6.07) is -0.342. The lowest BCUT2D eigenvalue weighted by Gasteiger charge is -2.38. The van der Waals surface area contributed by atoms with Crippen molar-refractivity contribution in [2.24, 2.45) is 5.92 Å². The molecule has 0 radical (unpaired) electrons. The van der Waals surface area contributed by atoms with Gasteiger partial charge in [0.2, 0.25) is 5.91 Å². The molecule has 1 fully saturated rings. The molecule has 0 bridgehead atoms. The first kappa shape index (κ1) is 18.0. The van der Waals surface area contributed by atoms with Crippen LogP contribution in [-0.4, -0.2) is 53.3 Å². The van der Waals surface area contributed by atoms with Gasteiger partial charge in [0, 0.05) is 32.0 Å². The van der Waals surface area contributed by atoms with Gasteiger partial charge in [-0.15, -0.1) is 10.1 Å². The molecule has 0 aliphatic carbocycles. The molecule has 0 spiro atoms. The first-order valence-electron chi connectivity index (χ1n) is 7.11. The van der Waals surface area contributed by atoms with Crippen molar-refractivity contribution in [1.82, 2.24) is 10.2 Å². The maximum absolute atomic E-state index is 11.8. The smallest absolute Gasteiger partial charge is 0.407 e. The normalized spacial score (nSPS) is 21.9. The quantitative estimate of drug-likeness (QED) is 0.610. The van der Waals surface area contributed by atoms with Gasteiger partial charge in [-0.1, -0.05) is 0 Å². The number of alkyl carbamates (subject to hydrolysis) is 1. The highest BCUT2D eigenvalue weighted by atomic mass is 16.9. The molecule has 0 saturated carbocycles. The van der Waals surface area contributed by atoms with Crippen molar-refractivity contribution in [2.75, 3.05) is 19.7 Å². The van der Waals surface area contributed by atoms with Gasteiger partial charge < -0.3 is 19.8 Å². The average molecular weight is 317 g/mol. The van der Waals surface area contributed by atoms with E-state index in [0.29, 0.717) is 19.5 Å². The van der Waals surface area contributed by atoms with Crippen molar-refractivity contribution in [3.63, 3.8) is 0 Å². The third-order valence-corrected chi connectivity index (χ3v) is 3.28. The van der Waals surface area contributed by atoms with Gasteiger partial charge in [0.15, 0.2) is 0 Å². The number of piperidine rings is 1. The summed E-state index contributed by atoms with van der Waals surface area (Å²) < 4.78 is 5.18. The van der Waals surface area contributed by atoms with E-state index in [0.717, 1.165) is 0 Å². The van der Waals surface area contributed by atoms with E-state index in [4.69, 9.17) is 4.74 Å². The third-order valence-electron chi connectivity index (χ3n) is 3.28. The first-order valence-corrected chi connectivity index (χ1v) is 7.11. The molecule has 1 heterocycles. The Morgan fingerprint density at radius 1 is 1.41 bits per heavy atom. The van der Waals surface area contributed by atoms with Crippen molar-refractivity contribution in [2.45, 2.75) is 45.8 Å². The summed E-state index contributed by atoms with van der Waals surface area (Å²) in [7, 11) is 0. The summed E-state index contributed by atoms with van der Waals surface area (Å²) in [5, 5.41) is 12.2. The van der Waals surface area contributed by atoms with E-state index in [1.165, 1.54) is 6.92 Å². The van der Waals surface area contributed by atoms with Crippen molar-refractivity contribution < 1.29 is 24.3 Å². The van der Waals surface area contributed by atoms with E-state index in [1.54, 1.807) is 25.7 Å². The molecular weight excluding hydrogens is 294 g/mol. The number of likely N-dealkylation sites (tertiary alicyclic amines) is 1. The molecule has 9 nitrogen and oxygen atoms in total. The lowest BCUT2D eigenvalue weighted by atomic mass is 9.93. The second-order valence-electron chi connectivity index (χ2n) is 6.29. The molecule has 1 aliphatic rings. The Balaban J connectivity index is 2.66. The fraction of sp³-hybridized carbons (Fsp3) is 0.846. The number of rotatable bonds is 4. The second kappa shape index (κ2) is 7.28. The van der Waals surface area contributed by atoms with E-state index in [2.05, 4.69) is 10.2 Å². The first-order chi connectivity index (χ1) is 10.1. The Labute approximate surface area is 129 Å². The molecule has 2 atom stereocenters.